The van der Waals surface area contributed by atoms with Crippen molar-refractivity contribution in [2.24, 2.45) is 0 Å². The van der Waals surface area contributed by atoms with Crippen molar-refractivity contribution in [2.45, 2.75) is 451 Å². The van der Waals surface area contributed by atoms with Crippen LogP contribution in [-0.2, 0) is 28.6 Å². The summed E-state index contributed by atoms with van der Waals surface area (Å²) in [4.78, 5) is 38.4. The number of hydrogen-bond donors (Lipinski definition) is 0. The Morgan fingerprint density at radius 3 is 0.602 bits per heavy atom. The Morgan fingerprint density at radius 2 is 0.398 bits per heavy atom. The minimum absolute atomic E-state index is 0.0666. The molecule has 0 amide bonds. The molecule has 0 aliphatic rings. The lowest BCUT2D eigenvalue weighted by molar-refractivity contribution is -0.167. The maximum Gasteiger partial charge on any atom is 0.306 e. The van der Waals surface area contributed by atoms with Crippen LogP contribution in [0.25, 0.3) is 0 Å². The highest BCUT2D eigenvalue weighted by atomic mass is 16.6. The Balaban J connectivity index is 4.04. The van der Waals surface area contributed by atoms with Gasteiger partial charge in [-0.1, -0.05) is 392 Å². The van der Waals surface area contributed by atoms with Crippen LogP contribution in [0.2, 0.25) is 0 Å². The minimum atomic E-state index is -0.771. The first-order valence-electron chi connectivity index (χ1n) is 38.2. The van der Waals surface area contributed by atoms with Crippen molar-refractivity contribution in [2.75, 3.05) is 13.2 Å². The van der Waals surface area contributed by atoms with Crippen LogP contribution in [-0.4, -0.2) is 37.2 Å². The molecule has 0 aliphatic carbocycles. The topological polar surface area (TPSA) is 78.9 Å². The van der Waals surface area contributed by atoms with Gasteiger partial charge in [0.05, 0.1) is 0 Å². The van der Waals surface area contributed by atoms with E-state index in [1.165, 1.54) is 340 Å². The first-order chi connectivity index (χ1) is 41.0. The highest BCUT2D eigenvalue weighted by Crippen LogP contribution is 2.20. The van der Waals surface area contributed by atoms with Crippen LogP contribution in [0.15, 0.2) is 12.2 Å². The summed E-state index contributed by atoms with van der Waals surface area (Å²) in [5.74, 6) is -0.840. The summed E-state index contributed by atoms with van der Waals surface area (Å²) in [5, 5.41) is 0. The Labute approximate surface area is 520 Å². The Bertz CT molecular complexity index is 1300. The summed E-state index contributed by atoms with van der Waals surface area (Å²) in [7, 11) is 0. The zero-order valence-corrected chi connectivity index (χ0v) is 56.8. The van der Waals surface area contributed by atoms with Crippen LogP contribution in [0.1, 0.15) is 445 Å². The third-order valence-corrected chi connectivity index (χ3v) is 17.8. The third-order valence-electron chi connectivity index (χ3n) is 17.8. The molecule has 83 heavy (non-hydrogen) atoms. The average Bonchev–Trinajstić information content (AvgIpc) is 3.50. The molecule has 0 radical (unpaired) electrons. The van der Waals surface area contributed by atoms with E-state index in [0.29, 0.717) is 19.3 Å². The maximum absolute atomic E-state index is 12.9. The number of unbranched alkanes of at least 4 members (excludes halogenated alkanes) is 59. The number of allylic oxidation sites excluding steroid dienone is 2. The molecule has 0 saturated heterocycles. The van der Waals surface area contributed by atoms with Crippen molar-refractivity contribution in [3.63, 3.8) is 0 Å². The summed E-state index contributed by atoms with van der Waals surface area (Å²) in [6, 6.07) is 0. The van der Waals surface area contributed by atoms with Gasteiger partial charge in [-0.15, -0.1) is 0 Å². The monoisotopic (exact) mass is 1170 g/mol. The van der Waals surface area contributed by atoms with Crippen LogP contribution >= 0.6 is 0 Å². The van der Waals surface area contributed by atoms with Gasteiger partial charge in [0.1, 0.15) is 13.2 Å². The van der Waals surface area contributed by atoms with Crippen molar-refractivity contribution in [1.82, 2.24) is 0 Å². The fourth-order valence-electron chi connectivity index (χ4n) is 12.0. The fourth-order valence-corrected chi connectivity index (χ4v) is 12.0. The fraction of sp³-hybridized carbons (Fsp3) is 0.935. The molecule has 492 valence electrons. The predicted octanol–water partition coefficient (Wildman–Crippen LogP) is 26.3. The predicted molar refractivity (Wildman–Crippen MR) is 363 cm³/mol. The van der Waals surface area contributed by atoms with E-state index in [0.717, 1.165) is 64.2 Å². The molecule has 6 nitrogen and oxygen atoms in total. The highest BCUT2D eigenvalue weighted by Gasteiger charge is 2.20. The first-order valence-corrected chi connectivity index (χ1v) is 38.2. The van der Waals surface area contributed by atoms with Crippen LogP contribution in [0, 0.1) is 0 Å². The summed E-state index contributed by atoms with van der Waals surface area (Å²) < 4.78 is 17.0. The van der Waals surface area contributed by atoms with Crippen molar-refractivity contribution in [3.05, 3.63) is 12.2 Å². The molecular weight excluding hydrogens is 1020 g/mol. The smallest absolute Gasteiger partial charge is 0.306 e. The Morgan fingerprint density at radius 1 is 0.229 bits per heavy atom. The molecule has 0 N–H and O–H groups in total. The summed E-state index contributed by atoms with van der Waals surface area (Å²) >= 11 is 0. The molecule has 6 heteroatoms. The van der Waals surface area contributed by atoms with Gasteiger partial charge in [-0.25, -0.2) is 0 Å². The van der Waals surface area contributed by atoms with Gasteiger partial charge in [-0.05, 0) is 44.9 Å². The largest absolute Gasteiger partial charge is 0.462 e. The van der Waals surface area contributed by atoms with Gasteiger partial charge < -0.3 is 14.2 Å². The van der Waals surface area contributed by atoms with Gasteiger partial charge in [0.15, 0.2) is 6.10 Å². The molecule has 0 saturated carbocycles. The van der Waals surface area contributed by atoms with Gasteiger partial charge in [0, 0.05) is 19.3 Å². The van der Waals surface area contributed by atoms with Crippen molar-refractivity contribution >= 4 is 17.9 Å². The second-order valence-electron chi connectivity index (χ2n) is 26.3. The normalized spacial score (nSPS) is 12.0. The molecule has 0 aromatic carbocycles. The highest BCUT2D eigenvalue weighted by molar-refractivity contribution is 5.71. The van der Waals surface area contributed by atoms with Crippen LogP contribution < -0.4 is 0 Å². The minimum Gasteiger partial charge on any atom is -0.462 e. The molecule has 1 atom stereocenters. The lowest BCUT2D eigenvalue weighted by Gasteiger charge is -2.18. The second kappa shape index (κ2) is 72.6. The number of carbonyl (C=O) groups is 3. The summed E-state index contributed by atoms with van der Waals surface area (Å²) in [5.41, 5.74) is 0. The third kappa shape index (κ3) is 70.8. The van der Waals surface area contributed by atoms with Crippen molar-refractivity contribution in [1.29, 1.82) is 0 Å². The Hall–Kier alpha value is -1.85. The molecule has 0 aromatic rings. The zero-order valence-electron chi connectivity index (χ0n) is 56.8. The van der Waals surface area contributed by atoms with Crippen LogP contribution in [0.4, 0.5) is 0 Å². The van der Waals surface area contributed by atoms with E-state index in [2.05, 4.69) is 32.9 Å². The number of rotatable bonds is 72. The average molecular weight is 1170 g/mol. The lowest BCUT2D eigenvalue weighted by Crippen LogP contribution is -2.30. The van der Waals surface area contributed by atoms with Gasteiger partial charge in [0.25, 0.3) is 0 Å². The molecule has 0 bridgehead atoms. The molecular formula is C77H148O6. The quantitative estimate of drug-likeness (QED) is 0.0261. The first kappa shape index (κ1) is 81.2. The Kier molecular flexibility index (Phi) is 71.0. The standard InChI is InChI=1S/C77H148O6/c1-4-7-10-13-16-19-22-25-28-30-31-32-33-34-35-36-37-38-39-40-41-42-43-44-45-46-47-48-50-52-55-58-61-64-67-70-76(79)82-73-74(72-81-75(78)69-66-63-60-57-54-51-27-24-21-18-15-12-9-6-3)83-77(80)71-68-65-62-59-56-53-49-29-26-23-20-17-14-11-8-5-2/h29,49,74H,4-28,30-48,50-73H2,1-3H3/b49-29-. The molecule has 0 aromatic heterocycles. The number of esters is 3. The molecule has 0 fully saturated rings. The van der Waals surface area contributed by atoms with E-state index in [9.17, 15) is 14.4 Å². The SMILES string of the molecule is CCCCCCCCC/C=C\CCCCCCCC(=O)OC(COC(=O)CCCCCCCCCCCCCCCC)COC(=O)CCCCCCCCCCCCCCCCCCCCCCCCCCCCCCCCCCCCC. The van der Waals surface area contributed by atoms with Gasteiger partial charge in [-0.3, -0.25) is 14.4 Å². The van der Waals surface area contributed by atoms with E-state index >= 15 is 0 Å². The number of hydrogen-bond acceptors (Lipinski definition) is 6. The summed E-state index contributed by atoms with van der Waals surface area (Å²) in [6.07, 6.45) is 88.5. The molecule has 0 aliphatic heterocycles. The zero-order chi connectivity index (χ0) is 59.9. The number of carbonyl (C=O) groups excluding carboxylic acids is 3. The number of ether oxygens (including phenoxy) is 3. The molecule has 0 heterocycles. The van der Waals surface area contributed by atoms with E-state index in [-0.39, 0.29) is 31.1 Å². The molecule has 1 unspecified atom stereocenters. The lowest BCUT2D eigenvalue weighted by atomic mass is 10.0. The van der Waals surface area contributed by atoms with Gasteiger partial charge in [-0.2, -0.15) is 0 Å². The maximum atomic E-state index is 12.9. The molecule has 0 spiro atoms. The van der Waals surface area contributed by atoms with Crippen LogP contribution in [0.5, 0.6) is 0 Å². The van der Waals surface area contributed by atoms with Crippen molar-refractivity contribution < 1.29 is 28.6 Å². The summed E-state index contributed by atoms with van der Waals surface area (Å²) in [6.45, 7) is 6.72. The van der Waals surface area contributed by atoms with Crippen molar-refractivity contribution in [3.8, 4) is 0 Å². The van der Waals surface area contributed by atoms with Gasteiger partial charge >= 0.3 is 17.9 Å². The van der Waals surface area contributed by atoms with Crippen LogP contribution in [0.3, 0.4) is 0 Å². The van der Waals surface area contributed by atoms with E-state index in [1.807, 2.05) is 0 Å². The van der Waals surface area contributed by atoms with Gasteiger partial charge in [0.2, 0.25) is 0 Å². The van der Waals surface area contributed by atoms with E-state index in [4.69, 9.17) is 14.2 Å². The van der Waals surface area contributed by atoms with E-state index < -0.39 is 6.10 Å². The molecule has 0 rings (SSSR count). The second-order valence-corrected chi connectivity index (χ2v) is 26.3. The van der Waals surface area contributed by atoms with E-state index in [1.54, 1.807) is 0 Å².